The monoisotopic (exact) mass is 1420 g/mol. The Labute approximate surface area is 628 Å². The van der Waals surface area contributed by atoms with Gasteiger partial charge in [0.25, 0.3) is 0 Å². The van der Waals surface area contributed by atoms with Gasteiger partial charge in [-0.1, -0.05) is 124 Å². The standard InChI is InChI=1S/C98H82O10/c1-11-13-47-107-97-93-89-81-49-73(57-15-31-65(99-3)32-16-57)77(61-23-39-69(103-7)40-24-61)53-85(81)91(86-54-78(62-25-41-70(104-8)42-26-62)74(50-82(86)89)58-17-33-66(100-4)34-18-58)95(93)98(108-48-14-12-2)96-92-87-55-79(63-27-43-71(105-9)44-28-63)75(59-19-35-67(101-5)36-20-59)51-83(87)90(94(96)97)84-52-76(60-21-37-68(102-6)38-22-60)80(56-88(84)92)64-29-45-72(106-10)46-30-64/h15-46,49-56H,11-14,47-48H2,1-10H3. The number of hydrogen-bond acceptors (Lipinski definition) is 10. The summed E-state index contributed by atoms with van der Waals surface area (Å²) in [6, 6.07) is 87.2. The van der Waals surface area contributed by atoms with E-state index >= 15 is 0 Å². The van der Waals surface area contributed by atoms with E-state index in [0.29, 0.717) is 13.2 Å². The van der Waals surface area contributed by atoms with Crippen LogP contribution in [0.3, 0.4) is 0 Å². The van der Waals surface area contributed by atoms with Crippen LogP contribution in [0.2, 0.25) is 0 Å². The molecule has 534 valence electrons. The van der Waals surface area contributed by atoms with E-state index in [9.17, 15) is 0 Å². The topological polar surface area (TPSA) is 92.3 Å². The van der Waals surface area contributed by atoms with Crippen molar-refractivity contribution in [1.82, 2.24) is 0 Å². The van der Waals surface area contributed by atoms with E-state index in [1.54, 1.807) is 56.9 Å². The molecule has 0 unspecified atom stereocenters. The highest BCUT2D eigenvalue weighted by atomic mass is 16.5. The first-order valence-corrected chi connectivity index (χ1v) is 37.0. The summed E-state index contributed by atoms with van der Waals surface area (Å²) in [5.74, 6) is 7.83. The molecule has 4 bridgehead atoms. The van der Waals surface area contributed by atoms with Crippen molar-refractivity contribution >= 4 is 86.2 Å². The summed E-state index contributed by atoms with van der Waals surface area (Å²) in [4.78, 5) is 0. The maximum Gasteiger partial charge on any atom is 0.136 e. The molecular formula is C98H82O10. The fraction of sp³-hybridized carbons (Fsp3) is 0.163. The molecule has 0 amide bonds. The summed E-state index contributed by atoms with van der Waals surface area (Å²) in [5, 5.41) is 16.9. The van der Waals surface area contributed by atoms with Gasteiger partial charge in [-0.05, 0) is 291 Å². The Balaban J connectivity index is 1.15. The average Bonchev–Trinajstić information content (AvgIpc) is 0.660. The minimum atomic E-state index is 0.456. The van der Waals surface area contributed by atoms with Gasteiger partial charge in [0.05, 0.1) is 70.1 Å². The lowest BCUT2D eigenvalue weighted by Gasteiger charge is -2.29. The van der Waals surface area contributed by atoms with Crippen LogP contribution in [-0.2, 0) is 0 Å². The van der Waals surface area contributed by atoms with E-state index in [-0.39, 0.29) is 0 Å². The zero-order valence-electron chi connectivity index (χ0n) is 62.4. The Morgan fingerprint density at radius 2 is 0.324 bits per heavy atom. The summed E-state index contributed by atoms with van der Waals surface area (Å²) >= 11 is 0. The van der Waals surface area contributed by atoms with Crippen LogP contribution in [0.5, 0.6) is 57.5 Å². The molecule has 0 saturated carbocycles. The van der Waals surface area contributed by atoms with E-state index in [4.69, 9.17) is 47.4 Å². The molecule has 0 aromatic heterocycles. The van der Waals surface area contributed by atoms with Gasteiger partial charge in [-0.25, -0.2) is 0 Å². The van der Waals surface area contributed by atoms with Crippen molar-refractivity contribution < 1.29 is 47.4 Å². The van der Waals surface area contributed by atoms with Crippen molar-refractivity contribution in [2.45, 2.75) is 39.5 Å². The first-order valence-electron chi connectivity index (χ1n) is 37.0. The molecule has 0 aliphatic heterocycles. The van der Waals surface area contributed by atoms with Gasteiger partial charge in [-0.2, -0.15) is 0 Å². The Hall–Kier alpha value is -12.7. The van der Waals surface area contributed by atoms with Crippen LogP contribution in [0.25, 0.3) is 175 Å². The Bertz CT molecular complexity index is 5130. The lowest BCUT2D eigenvalue weighted by molar-refractivity contribution is 0.312. The third-order valence-electron chi connectivity index (χ3n) is 21.9. The van der Waals surface area contributed by atoms with Gasteiger partial charge in [-0.15, -0.1) is 0 Å². The maximum absolute atomic E-state index is 7.98. The molecule has 0 radical (unpaired) electrons. The van der Waals surface area contributed by atoms with Gasteiger partial charge >= 0.3 is 0 Å². The molecule has 0 N–H and O–H groups in total. The number of hydrogen-bond donors (Lipinski definition) is 0. The summed E-state index contributed by atoms with van der Waals surface area (Å²) in [6.07, 6.45) is 3.46. The molecule has 10 nitrogen and oxygen atoms in total. The number of ether oxygens (including phenoxy) is 10. The van der Waals surface area contributed by atoms with E-state index in [2.05, 4.69) is 257 Å². The van der Waals surface area contributed by atoms with Crippen LogP contribution in [0.15, 0.2) is 243 Å². The molecule has 0 heterocycles. The Kier molecular flexibility index (Phi) is 18.2. The van der Waals surface area contributed by atoms with Gasteiger partial charge in [0.2, 0.25) is 0 Å². The lowest BCUT2D eigenvalue weighted by atomic mass is 9.76. The zero-order valence-corrected chi connectivity index (χ0v) is 62.4. The largest absolute Gasteiger partial charge is 0.497 e. The average molecular weight is 1420 g/mol. The zero-order chi connectivity index (χ0) is 73.8. The molecule has 0 atom stereocenters. The van der Waals surface area contributed by atoms with Gasteiger partial charge in [0, 0.05) is 43.1 Å². The number of benzene rings is 19. The summed E-state index contributed by atoms with van der Waals surface area (Å²) in [6.45, 7) is 5.39. The van der Waals surface area contributed by atoms with Crippen molar-refractivity contribution in [3.05, 3.63) is 243 Å². The summed E-state index contributed by atoms with van der Waals surface area (Å²) < 4.78 is 62.7. The first kappa shape index (κ1) is 68.4. The van der Waals surface area contributed by atoms with E-state index in [1.165, 1.54) is 0 Å². The number of rotatable bonds is 24. The molecule has 19 rings (SSSR count). The van der Waals surface area contributed by atoms with Crippen molar-refractivity contribution in [3.63, 3.8) is 0 Å². The second-order valence-corrected chi connectivity index (χ2v) is 27.7. The van der Waals surface area contributed by atoms with Crippen LogP contribution < -0.4 is 47.4 Å². The Morgan fingerprint density at radius 1 is 0.185 bits per heavy atom. The van der Waals surface area contributed by atoms with Crippen molar-refractivity contribution in [2.75, 3.05) is 70.1 Å². The van der Waals surface area contributed by atoms with Gasteiger partial charge in [0.1, 0.15) is 57.5 Å². The van der Waals surface area contributed by atoms with Crippen LogP contribution in [0.4, 0.5) is 0 Å². The van der Waals surface area contributed by atoms with Crippen LogP contribution in [-0.4, -0.2) is 70.1 Å². The fourth-order valence-electron chi connectivity index (χ4n) is 16.4. The molecule has 108 heavy (non-hydrogen) atoms. The van der Waals surface area contributed by atoms with Crippen molar-refractivity contribution in [2.24, 2.45) is 0 Å². The minimum Gasteiger partial charge on any atom is -0.497 e. The molecule has 0 fully saturated rings. The maximum atomic E-state index is 7.98. The van der Waals surface area contributed by atoms with Gasteiger partial charge < -0.3 is 47.4 Å². The summed E-state index contributed by atoms with van der Waals surface area (Å²) in [5.41, 5.74) is 16.8. The molecule has 10 heteroatoms. The summed E-state index contributed by atoms with van der Waals surface area (Å²) in [7, 11) is 13.7. The predicted octanol–water partition coefficient (Wildman–Crippen LogP) is 25.6. The third-order valence-corrected chi connectivity index (χ3v) is 21.9. The number of unbranched alkanes of at least 4 members (excludes halogenated alkanes) is 2. The second kappa shape index (κ2) is 28.7. The quantitative estimate of drug-likeness (QED) is 0.0430. The molecular weight excluding hydrogens is 1340 g/mol. The van der Waals surface area contributed by atoms with Crippen LogP contribution in [0.1, 0.15) is 39.5 Å². The smallest absolute Gasteiger partial charge is 0.136 e. The van der Waals surface area contributed by atoms with Crippen LogP contribution >= 0.6 is 0 Å². The Morgan fingerprint density at radius 3 is 0.444 bits per heavy atom. The molecule has 19 aromatic rings. The lowest BCUT2D eigenvalue weighted by Crippen LogP contribution is -2.06. The molecule has 0 saturated heterocycles. The van der Waals surface area contributed by atoms with Crippen molar-refractivity contribution in [1.29, 1.82) is 0 Å². The van der Waals surface area contributed by atoms with Gasteiger partial charge in [0.15, 0.2) is 0 Å². The molecule has 0 aliphatic carbocycles. The van der Waals surface area contributed by atoms with E-state index < -0.39 is 0 Å². The molecule has 19 aromatic carbocycles. The second-order valence-electron chi connectivity index (χ2n) is 27.7. The highest BCUT2D eigenvalue weighted by Crippen LogP contribution is 2.62. The van der Waals surface area contributed by atoms with Crippen molar-refractivity contribution in [3.8, 4) is 147 Å². The minimum absolute atomic E-state index is 0.456. The highest BCUT2D eigenvalue weighted by Gasteiger charge is 2.34. The fourth-order valence-corrected chi connectivity index (χ4v) is 16.4. The molecule has 0 spiro atoms. The SMILES string of the molecule is CCCCOc1c2c(c(OCCCC)c3c1c1c4cc(-c5ccc(OC)cc5)c(-c5ccc(OC)cc5)cc4c3c3cc(-c4ccc(OC)cc4)c(-c4ccc(OC)cc4)cc31)c1c3cc(-c4ccc(OC)cc4)c(-c4ccc(OC)cc4)cc3c2c2cc(-c3ccc(OC)cc3)c(-c3ccc(OC)cc3)cc21. The number of methoxy groups -OCH3 is 8. The van der Waals surface area contributed by atoms with Crippen LogP contribution in [0, 0.1) is 0 Å². The van der Waals surface area contributed by atoms with E-state index in [1.807, 2.05) is 0 Å². The van der Waals surface area contributed by atoms with E-state index in [0.717, 1.165) is 258 Å². The first-order chi connectivity index (χ1) is 53.1. The highest BCUT2D eigenvalue weighted by molar-refractivity contribution is 6.50. The van der Waals surface area contributed by atoms with Gasteiger partial charge in [-0.3, -0.25) is 0 Å². The molecule has 0 aliphatic rings. The normalized spacial score (nSPS) is 11.6. The predicted molar refractivity (Wildman–Crippen MR) is 446 cm³/mol. The third kappa shape index (κ3) is 11.7.